The number of carbonyl (C=O) groups is 1. The zero-order chi connectivity index (χ0) is 21.6. The number of rotatable bonds is 5. The van der Waals surface area contributed by atoms with Gasteiger partial charge in [-0.2, -0.15) is 0 Å². The van der Waals surface area contributed by atoms with E-state index in [1.54, 1.807) is 0 Å². The molecule has 0 amide bonds. The third-order valence-corrected chi connectivity index (χ3v) is 4.29. The van der Waals surface area contributed by atoms with Crippen molar-refractivity contribution in [2.24, 2.45) is 5.41 Å². The van der Waals surface area contributed by atoms with Crippen molar-refractivity contribution in [3.63, 3.8) is 0 Å². The maximum atomic E-state index is 12.3. The van der Waals surface area contributed by atoms with Gasteiger partial charge < -0.3 is 4.43 Å². The predicted molar refractivity (Wildman–Crippen MR) is 99.5 cm³/mol. The van der Waals surface area contributed by atoms with Gasteiger partial charge in [0.2, 0.25) is 0 Å². The minimum Gasteiger partial charge on any atom is 0 e. The van der Waals surface area contributed by atoms with Crippen molar-refractivity contribution < 1.29 is 40.5 Å². The largest absolute Gasteiger partial charge is 0 e. The van der Waals surface area contributed by atoms with Crippen LogP contribution >= 0.6 is 11.6 Å². The van der Waals surface area contributed by atoms with Crippen LogP contribution in [0.4, 0.5) is 0 Å². The normalized spacial score (nSPS) is 10.7. The Morgan fingerprint density at radius 3 is 1.81 bits per heavy atom. The second kappa shape index (κ2) is 17.2. The fraction of sp³-hybridized carbons (Fsp3) is 0.474. The first-order valence-corrected chi connectivity index (χ1v) is 11.4. The topological polar surface area (TPSA) is 86.0 Å². The number of hydrogen-bond acceptors (Lipinski definition) is 2. The first-order chi connectivity index (χ1) is 12.0. The van der Waals surface area contributed by atoms with Crippen LogP contribution in [0.15, 0.2) is 24.3 Å². The molecule has 0 fully saturated rings. The molecule has 1 rings (SSSR count). The molecule has 1 aromatic carbocycles. The van der Waals surface area contributed by atoms with Gasteiger partial charge in [-0.15, -0.1) is 0 Å². The van der Waals surface area contributed by atoms with E-state index in [9.17, 15) is 4.79 Å². The van der Waals surface area contributed by atoms with Gasteiger partial charge in [0.1, 0.15) is 5.78 Å². The summed E-state index contributed by atoms with van der Waals surface area (Å²) in [4.78, 5) is 12.3. The Balaban J connectivity index is -0.000000342. The van der Waals surface area contributed by atoms with Gasteiger partial charge in [-0.3, -0.25) is 4.79 Å². The number of carbonyl (C=O) groups excluding carboxylic acids is 1. The molecule has 5 nitrogen and oxygen atoms in total. The van der Waals surface area contributed by atoms with Crippen LogP contribution < -0.4 is 0 Å². The molecule has 0 bridgehead atoms. The first-order valence-electron chi connectivity index (χ1n) is 7.57. The van der Waals surface area contributed by atoms with E-state index in [0.717, 1.165) is 5.56 Å². The number of hydrogen-bond donors (Lipinski definition) is 0. The van der Waals surface area contributed by atoms with Crippen LogP contribution in [0, 0.1) is 25.4 Å². The average molecular weight is 449 g/mol. The molecule has 0 aliphatic carbocycles. The Kier molecular flexibility index (Phi) is 21.5. The first kappa shape index (κ1) is 33.7. The van der Waals surface area contributed by atoms with Crippen molar-refractivity contribution in [1.29, 1.82) is 0 Å². The molecule has 1 aromatic rings. The van der Waals surface area contributed by atoms with Crippen LogP contribution in [0.25, 0.3) is 0 Å². The van der Waals surface area contributed by atoms with Crippen LogP contribution in [0.1, 0.15) is 38.9 Å². The summed E-state index contributed by atoms with van der Waals surface area (Å²) in [5.74, 6) is 0.195. The van der Waals surface area contributed by atoms with Gasteiger partial charge in [-0.05, 0) is 31.3 Å². The van der Waals surface area contributed by atoms with E-state index in [1.807, 2.05) is 45.0 Å². The van der Waals surface area contributed by atoms with E-state index in [1.165, 1.54) is 0 Å². The summed E-state index contributed by atoms with van der Waals surface area (Å²) in [6, 6.07) is 7.62. The molecule has 0 aliphatic rings. The van der Waals surface area contributed by atoms with Crippen molar-refractivity contribution in [1.82, 2.24) is 0 Å². The van der Waals surface area contributed by atoms with Gasteiger partial charge >= 0.3 is 33.9 Å². The van der Waals surface area contributed by atoms with Crippen molar-refractivity contribution in [3.8, 4) is 0 Å². The average Bonchev–Trinajstić information content (AvgIpc) is 2.58. The SMILES string of the molecule is CC(C)(C)C(=O)C[C@H](O[Si](C)(C)C)c1ccccc1Cl.[C-]#[O+].[C-]#[O+].[C-]#[O+].[Cr]. The van der Waals surface area contributed by atoms with Gasteiger partial charge in [0.25, 0.3) is 0 Å². The van der Waals surface area contributed by atoms with Crippen molar-refractivity contribution in [2.45, 2.75) is 52.9 Å². The number of benzene rings is 1. The van der Waals surface area contributed by atoms with Crippen LogP contribution in [-0.4, -0.2) is 14.1 Å². The molecule has 148 valence electrons. The smallest absolute Gasteiger partial charge is 0 e. The van der Waals surface area contributed by atoms with Crippen LogP contribution in [0.3, 0.4) is 0 Å². The molecule has 8 heteroatoms. The molecule has 0 radical (unpaired) electrons. The Labute approximate surface area is 179 Å². The van der Waals surface area contributed by atoms with Gasteiger partial charge in [-0.25, -0.2) is 0 Å². The third kappa shape index (κ3) is 15.8. The zero-order valence-corrected chi connectivity index (χ0v) is 19.5. The van der Waals surface area contributed by atoms with Crippen LogP contribution in [0.5, 0.6) is 0 Å². The minimum atomic E-state index is -1.76. The molecule has 0 unspecified atom stereocenters. The zero-order valence-electron chi connectivity index (χ0n) is 16.4. The number of ketones is 1. The summed E-state index contributed by atoms with van der Waals surface area (Å²) in [6.07, 6.45) is 0.124. The molecule has 1 atom stereocenters. The van der Waals surface area contributed by atoms with E-state index in [-0.39, 0.29) is 34.7 Å². The molecule has 0 N–H and O–H groups in total. The Hall–Kier alpha value is -0.891. The molecule has 27 heavy (non-hydrogen) atoms. The summed E-state index contributed by atoms with van der Waals surface area (Å²) in [6.45, 7) is 25.7. The van der Waals surface area contributed by atoms with Crippen molar-refractivity contribution >= 4 is 25.7 Å². The predicted octanol–water partition coefficient (Wildman–Crippen LogP) is 5.12. The third-order valence-electron chi connectivity index (χ3n) is 2.96. The molecule has 0 heterocycles. The molecule has 0 aromatic heterocycles. The molecular formula is C19H25ClCrO5Si. The summed E-state index contributed by atoms with van der Waals surface area (Å²) < 4.78 is 28.7. The minimum absolute atomic E-state index is 0. The number of Topliss-reactive ketones (excluding diaryl/α,β-unsaturated/α-hetero) is 1. The van der Waals surface area contributed by atoms with Crippen LogP contribution in [0.2, 0.25) is 24.7 Å². The second-order valence-corrected chi connectivity index (χ2v) is 12.0. The molecule has 0 spiro atoms. The van der Waals surface area contributed by atoms with Gasteiger partial charge in [-0.1, -0.05) is 50.6 Å². The van der Waals surface area contributed by atoms with Crippen molar-refractivity contribution in [2.75, 3.05) is 0 Å². The van der Waals surface area contributed by atoms with E-state index in [4.69, 9.17) is 30.0 Å². The molecule has 0 saturated carbocycles. The quantitative estimate of drug-likeness (QED) is 0.355. The Bertz CT molecular complexity index is 586. The fourth-order valence-corrected chi connectivity index (χ4v) is 3.17. The molecule has 0 aliphatic heterocycles. The summed E-state index contributed by atoms with van der Waals surface area (Å²) in [5, 5.41) is 0.664. The van der Waals surface area contributed by atoms with E-state index >= 15 is 0 Å². The van der Waals surface area contributed by atoms with E-state index in [2.05, 4.69) is 39.6 Å². The second-order valence-electron chi connectivity index (χ2n) is 7.12. The maximum absolute atomic E-state index is 12.3. The number of halogens is 1. The van der Waals surface area contributed by atoms with Crippen molar-refractivity contribution in [3.05, 3.63) is 54.8 Å². The maximum Gasteiger partial charge on any atom is 0 e. The summed E-state index contributed by atoms with van der Waals surface area (Å²) >= 11 is 6.27. The van der Waals surface area contributed by atoms with Crippen LogP contribution in [-0.2, 0) is 40.5 Å². The molecule has 0 saturated heterocycles. The summed E-state index contributed by atoms with van der Waals surface area (Å²) in [5.41, 5.74) is 0.552. The van der Waals surface area contributed by atoms with Gasteiger partial charge in [0, 0.05) is 34.2 Å². The fourth-order valence-electron chi connectivity index (χ4n) is 1.85. The molecular weight excluding hydrogens is 424 g/mol. The monoisotopic (exact) mass is 448 g/mol. The van der Waals surface area contributed by atoms with E-state index < -0.39 is 8.32 Å². The standard InChI is InChI=1S/C16H25ClO2Si.3CO.Cr/c1-16(2,3)15(18)11-14(19-20(4,5)6)12-9-7-8-10-13(12)17;3*1-2;/h7-10,14H,11H2,1-6H3;;;;/t14-;;;;/m0..../s1. The van der Waals surface area contributed by atoms with E-state index in [0.29, 0.717) is 11.4 Å². The summed E-state index contributed by atoms with van der Waals surface area (Å²) in [7, 11) is -1.76. The Morgan fingerprint density at radius 1 is 1.07 bits per heavy atom. The van der Waals surface area contributed by atoms with Gasteiger partial charge in [0.05, 0.1) is 6.10 Å². The van der Waals surface area contributed by atoms with Gasteiger partial charge in [0.15, 0.2) is 8.32 Å². The Morgan fingerprint density at radius 2 is 1.48 bits per heavy atom.